The summed E-state index contributed by atoms with van der Waals surface area (Å²) < 4.78 is 6.08. The number of hydrogen-bond donors (Lipinski definition) is 2. The monoisotopic (exact) mass is 440 g/mol. The third-order valence-electron chi connectivity index (χ3n) is 5.00. The molecule has 1 atom stereocenters. The molecule has 4 nitrogen and oxygen atoms in total. The van der Waals surface area contributed by atoms with E-state index in [1.54, 1.807) is 7.11 Å². The minimum atomic E-state index is 0. The summed E-state index contributed by atoms with van der Waals surface area (Å²) in [6, 6.07) is 4.52. The maximum absolute atomic E-state index is 10.1. The van der Waals surface area contributed by atoms with Gasteiger partial charge in [-0.05, 0) is 52.4 Å². The number of phenolic OH excluding ortho intramolecular Hbond substituents is 1. The molecule has 138 valence electrons. The molecule has 24 heavy (non-hydrogen) atoms. The van der Waals surface area contributed by atoms with Crippen LogP contribution in [0.4, 0.5) is 0 Å². The SMILES string of the molecule is COc1cc([C@@H](C2CCCC2)N2CCNCC2)cc(Br)c1O.Cl.Cl. The first-order chi connectivity index (χ1) is 10.7. The average Bonchev–Trinajstić information content (AvgIpc) is 3.06. The van der Waals surface area contributed by atoms with Crippen LogP contribution in [0.25, 0.3) is 0 Å². The molecule has 1 aromatic carbocycles. The summed E-state index contributed by atoms with van der Waals surface area (Å²) in [6.07, 6.45) is 5.28. The zero-order chi connectivity index (χ0) is 15.5. The molecule has 2 N–H and O–H groups in total. The zero-order valence-corrected chi connectivity index (χ0v) is 17.2. The number of benzene rings is 1. The molecule has 3 rings (SSSR count). The summed E-state index contributed by atoms with van der Waals surface area (Å²) in [5.41, 5.74) is 1.26. The Hall–Kier alpha value is -0.200. The third-order valence-corrected chi connectivity index (χ3v) is 5.61. The van der Waals surface area contributed by atoms with Crippen molar-refractivity contribution >= 4 is 40.7 Å². The maximum Gasteiger partial charge on any atom is 0.172 e. The fourth-order valence-electron chi connectivity index (χ4n) is 3.93. The van der Waals surface area contributed by atoms with E-state index in [1.807, 2.05) is 6.07 Å². The van der Waals surface area contributed by atoms with Crippen LogP contribution in [-0.2, 0) is 0 Å². The molecule has 0 unspecified atom stereocenters. The van der Waals surface area contributed by atoms with Crippen LogP contribution in [0.3, 0.4) is 0 Å². The molecule has 0 aromatic heterocycles. The lowest BCUT2D eigenvalue weighted by atomic mass is 9.89. The lowest BCUT2D eigenvalue weighted by molar-refractivity contribution is 0.125. The first-order valence-corrected chi connectivity index (χ1v) is 9.01. The predicted molar refractivity (Wildman–Crippen MR) is 106 cm³/mol. The minimum absolute atomic E-state index is 0. The van der Waals surface area contributed by atoms with Crippen LogP contribution in [0.15, 0.2) is 16.6 Å². The molecule has 2 fully saturated rings. The highest BCUT2D eigenvalue weighted by Gasteiger charge is 2.32. The van der Waals surface area contributed by atoms with Gasteiger partial charge < -0.3 is 15.2 Å². The van der Waals surface area contributed by atoms with Gasteiger partial charge in [0.15, 0.2) is 11.5 Å². The van der Waals surface area contributed by atoms with Gasteiger partial charge in [-0.3, -0.25) is 4.90 Å². The molecule has 1 heterocycles. The average molecular weight is 442 g/mol. The minimum Gasteiger partial charge on any atom is -0.503 e. The Morgan fingerprint density at radius 2 is 1.83 bits per heavy atom. The summed E-state index contributed by atoms with van der Waals surface area (Å²) in [7, 11) is 1.61. The molecule has 0 amide bonds. The van der Waals surface area contributed by atoms with Crippen molar-refractivity contribution in [1.29, 1.82) is 0 Å². The van der Waals surface area contributed by atoms with Crippen molar-refractivity contribution < 1.29 is 9.84 Å². The third kappa shape index (κ3) is 4.70. The number of methoxy groups -OCH3 is 1. The zero-order valence-electron chi connectivity index (χ0n) is 14.0. The predicted octanol–water partition coefficient (Wildman–Crippen LogP) is 4.14. The quantitative estimate of drug-likeness (QED) is 0.736. The van der Waals surface area contributed by atoms with Crippen molar-refractivity contribution in [3.8, 4) is 11.5 Å². The van der Waals surface area contributed by atoms with Gasteiger partial charge in [0, 0.05) is 32.2 Å². The lowest BCUT2D eigenvalue weighted by Gasteiger charge is -2.39. The molecule has 1 saturated carbocycles. The summed E-state index contributed by atoms with van der Waals surface area (Å²) >= 11 is 3.48. The van der Waals surface area contributed by atoms with Crippen LogP contribution in [0.5, 0.6) is 11.5 Å². The standard InChI is InChI=1S/C17H25BrN2O2.2ClH/c1-22-15-11-13(10-14(18)17(15)21)16(12-4-2-3-5-12)20-8-6-19-7-9-20;;/h10-12,16,19,21H,2-9H2,1H3;2*1H/t16-;;/m1../s1. The Kier molecular flexibility index (Phi) is 9.17. The first kappa shape index (κ1) is 21.8. The second-order valence-electron chi connectivity index (χ2n) is 6.33. The van der Waals surface area contributed by atoms with Crippen molar-refractivity contribution in [3.63, 3.8) is 0 Å². The number of nitrogens with one attached hydrogen (secondary N) is 1. The number of phenols is 1. The molecule has 1 aromatic rings. The van der Waals surface area contributed by atoms with E-state index < -0.39 is 0 Å². The summed E-state index contributed by atoms with van der Waals surface area (Å²) in [4.78, 5) is 2.60. The van der Waals surface area contributed by atoms with E-state index in [2.05, 4.69) is 32.2 Å². The van der Waals surface area contributed by atoms with Crippen LogP contribution in [-0.4, -0.2) is 43.3 Å². The van der Waals surface area contributed by atoms with Crippen LogP contribution in [0.1, 0.15) is 37.3 Å². The number of hydrogen-bond acceptors (Lipinski definition) is 4. The van der Waals surface area contributed by atoms with Gasteiger partial charge >= 0.3 is 0 Å². The van der Waals surface area contributed by atoms with E-state index in [1.165, 1.54) is 31.2 Å². The Labute approximate surface area is 165 Å². The van der Waals surface area contributed by atoms with Crippen molar-refractivity contribution in [2.75, 3.05) is 33.3 Å². The number of halogens is 3. The van der Waals surface area contributed by atoms with Crippen molar-refractivity contribution in [2.24, 2.45) is 5.92 Å². The van der Waals surface area contributed by atoms with E-state index in [4.69, 9.17) is 4.74 Å². The van der Waals surface area contributed by atoms with Gasteiger partial charge in [-0.2, -0.15) is 0 Å². The molecular formula is C17H27BrCl2N2O2. The largest absolute Gasteiger partial charge is 0.503 e. The summed E-state index contributed by atoms with van der Waals surface area (Å²) in [5.74, 6) is 1.46. The molecule has 0 bridgehead atoms. The molecule has 1 aliphatic carbocycles. The van der Waals surface area contributed by atoms with Gasteiger partial charge in [0.1, 0.15) is 0 Å². The van der Waals surface area contributed by atoms with Gasteiger partial charge in [-0.1, -0.05) is 12.8 Å². The van der Waals surface area contributed by atoms with Gasteiger partial charge in [0.05, 0.1) is 11.6 Å². The molecule has 2 aliphatic rings. The van der Waals surface area contributed by atoms with Crippen LogP contribution in [0.2, 0.25) is 0 Å². The molecule has 1 saturated heterocycles. The Morgan fingerprint density at radius 1 is 1.21 bits per heavy atom. The van der Waals surface area contributed by atoms with Crippen molar-refractivity contribution in [1.82, 2.24) is 10.2 Å². The number of aromatic hydroxyl groups is 1. The first-order valence-electron chi connectivity index (χ1n) is 8.22. The number of nitrogens with zero attached hydrogens (tertiary/aromatic N) is 1. The molecule has 0 radical (unpaired) electrons. The van der Waals surface area contributed by atoms with E-state index in [9.17, 15) is 5.11 Å². The fourth-order valence-corrected chi connectivity index (χ4v) is 4.39. The van der Waals surface area contributed by atoms with Crippen LogP contribution >= 0.6 is 40.7 Å². The highest BCUT2D eigenvalue weighted by molar-refractivity contribution is 9.10. The molecule has 1 aliphatic heterocycles. The van der Waals surface area contributed by atoms with Crippen LogP contribution in [0, 0.1) is 5.92 Å². The molecular weight excluding hydrogens is 415 g/mol. The second-order valence-corrected chi connectivity index (χ2v) is 7.18. The molecule has 0 spiro atoms. The topological polar surface area (TPSA) is 44.7 Å². The van der Waals surface area contributed by atoms with E-state index in [0.29, 0.717) is 17.7 Å². The van der Waals surface area contributed by atoms with Gasteiger partial charge in [0.2, 0.25) is 0 Å². The molecule has 7 heteroatoms. The van der Waals surface area contributed by atoms with Gasteiger partial charge in [-0.15, -0.1) is 24.8 Å². The number of piperazine rings is 1. The van der Waals surface area contributed by atoms with Crippen LogP contribution < -0.4 is 10.1 Å². The Morgan fingerprint density at radius 3 is 2.42 bits per heavy atom. The van der Waals surface area contributed by atoms with Crippen molar-refractivity contribution in [3.05, 3.63) is 22.2 Å². The summed E-state index contributed by atoms with van der Waals surface area (Å²) in [6.45, 7) is 4.28. The van der Waals surface area contributed by atoms with E-state index in [-0.39, 0.29) is 30.6 Å². The number of rotatable bonds is 4. The highest BCUT2D eigenvalue weighted by atomic mass is 79.9. The second kappa shape index (κ2) is 10.1. The number of ether oxygens (including phenoxy) is 1. The maximum atomic E-state index is 10.1. The van der Waals surface area contributed by atoms with Gasteiger partial charge in [-0.25, -0.2) is 0 Å². The highest BCUT2D eigenvalue weighted by Crippen LogP contribution is 2.44. The fraction of sp³-hybridized carbons (Fsp3) is 0.647. The van der Waals surface area contributed by atoms with Crippen molar-refractivity contribution in [2.45, 2.75) is 31.7 Å². The normalized spacial score (nSPS) is 20.1. The van der Waals surface area contributed by atoms with Gasteiger partial charge in [0.25, 0.3) is 0 Å². The summed E-state index contributed by atoms with van der Waals surface area (Å²) in [5, 5.41) is 13.5. The Bertz CT molecular complexity index is 522. The lowest BCUT2D eigenvalue weighted by Crippen LogP contribution is -2.46. The van der Waals surface area contributed by atoms with E-state index >= 15 is 0 Å². The Balaban J connectivity index is 0.00000144. The smallest absolute Gasteiger partial charge is 0.172 e. The van der Waals surface area contributed by atoms with E-state index in [0.717, 1.165) is 30.7 Å².